The zero-order chi connectivity index (χ0) is 10.4. The number of thioether (sulfide) groups is 1. The van der Waals surface area contributed by atoms with Gasteiger partial charge in [-0.1, -0.05) is 0 Å². The first-order chi connectivity index (χ1) is 6.77. The second-order valence-electron chi connectivity index (χ2n) is 3.44. The summed E-state index contributed by atoms with van der Waals surface area (Å²) >= 11 is 1.87. The lowest BCUT2D eigenvalue weighted by Crippen LogP contribution is -2.39. The molecule has 1 aliphatic heterocycles. The van der Waals surface area contributed by atoms with Gasteiger partial charge in [0.15, 0.2) is 0 Å². The van der Waals surface area contributed by atoms with E-state index in [2.05, 4.69) is 5.32 Å². The van der Waals surface area contributed by atoms with Crippen molar-refractivity contribution in [1.29, 1.82) is 0 Å². The molecule has 1 saturated heterocycles. The van der Waals surface area contributed by atoms with Crippen LogP contribution in [0.15, 0.2) is 0 Å². The maximum Gasteiger partial charge on any atom is 0.224 e. The van der Waals surface area contributed by atoms with Crippen LogP contribution < -0.4 is 5.32 Å². The SMILES string of the molecule is CCN(CC)C(=O)CC1NCCCS1. The molecule has 0 saturated carbocycles. The first kappa shape index (κ1) is 11.9. The summed E-state index contributed by atoms with van der Waals surface area (Å²) in [6.45, 7) is 6.77. The molecule has 1 amide bonds. The van der Waals surface area contributed by atoms with Gasteiger partial charge in [-0.15, -0.1) is 11.8 Å². The van der Waals surface area contributed by atoms with E-state index in [0.29, 0.717) is 11.8 Å². The molecule has 1 fully saturated rings. The smallest absolute Gasteiger partial charge is 0.224 e. The van der Waals surface area contributed by atoms with Crippen LogP contribution in [0.2, 0.25) is 0 Å². The molecule has 0 radical (unpaired) electrons. The first-order valence-corrected chi connectivity index (χ1v) is 6.45. The molecule has 1 N–H and O–H groups in total. The molecule has 1 rings (SSSR count). The largest absolute Gasteiger partial charge is 0.343 e. The second-order valence-corrected chi connectivity index (χ2v) is 4.75. The predicted molar refractivity (Wildman–Crippen MR) is 61.4 cm³/mol. The highest BCUT2D eigenvalue weighted by atomic mass is 32.2. The highest BCUT2D eigenvalue weighted by Crippen LogP contribution is 2.17. The standard InChI is InChI=1S/C10H20N2OS/c1-3-12(4-2)10(13)8-9-11-6-5-7-14-9/h9,11H,3-8H2,1-2H3. The topological polar surface area (TPSA) is 32.3 Å². The van der Waals surface area contributed by atoms with Gasteiger partial charge >= 0.3 is 0 Å². The molecule has 0 aromatic rings. The highest BCUT2D eigenvalue weighted by Gasteiger charge is 2.19. The van der Waals surface area contributed by atoms with E-state index in [4.69, 9.17) is 0 Å². The van der Waals surface area contributed by atoms with Crippen LogP contribution in [0.5, 0.6) is 0 Å². The van der Waals surface area contributed by atoms with Crippen molar-refractivity contribution in [2.45, 2.75) is 32.1 Å². The van der Waals surface area contributed by atoms with Gasteiger partial charge in [-0.05, 0) is 32.6 Å². The minimum Gasteiger partial charge on any atom is -0.343 e. The Morgan fingerprint density at radius 1 is 1.50 bits per heavy atom. The van der Waals surface area contributed by atoms with Crippen LogP contribution in [0.1, 0.15) is 26.7 Å². The Balaban J connectivity index is 2.30. The number of nitrogens with one attached hydrogen (secondary N) is 1. The van der Waals surface area contributed by atoms with Crippen molar-refractivity contribution >= 4 is 17.7 Å². The van der Waals surface area contributed by atoms with E-state index in [1.807, 2.05) is 30.5 Å². The van der Waals surface area contributed by atoms with E-state index < -0.39 is 0 Å². The normalized spacial score (nSPS) is 22.0. The van der Waals surface area contributed by atoms with E-state index in [1.54, 1.807) is 0 Å². The Morgan fingerprint density at radius 2 is 2.21 bits per heavy atom. The van der Waals surface area contributed by atoms with Gasteiger partial charge in [0.2, 0.25) is 5.91 Å². The third-order valence-corrected chi connectivity index (χ3v) is 3.75. The molecule has 14 heavy (non-hydrogen) atoms. The average Bonchev–Trinajstić information content (AvgIpc) is 2.21. The zero-order valence-corrected chi connectivity index (χ0v) is 9.90. The van der Waals surface area contributed by atoms with Gasteiger partial charge in [0, 0.05) is 13.1 Å². The molecule has 3 nitrogen and oxygen atoms in total. The Bertz CT molecular complexity index is 177. The maximum atomic E-state index is 11.7. The fourth-order valence-corrected chi connectivity index (χ4v) is 2.71. The lowest BCUT2D eigenvalue weighted by molar-refractivity contribution is -0.130. The predicted octanol–water partition coefficient (Wildman–Crippen LogP) is 1.30. The number of carbonyl (C=O) groups is 1. The van der Waals surface area contributed by atoms with E-state index in [-0.39, 0.29) is 5.91 Å². The van der Waals surface area contributed by atoms with Crippen LogP contribution >= 0.6 is 11.8 Å². The van der Waals surface area contributed by atoms with E-state index in [1.165, 1.54) is 12.2 Å². The molecule has 1 atom stereocenters. The molecule has 0 aliphatic carbocycles. The summed E-state index contributed by atoms with van der Waals surface area (Å²) in [5.74, 6) is 1.46. The van der Waals surface area contributed by atoms with Crippen molar-refractivity contribution in [2.75, 3.05) is 25.4 Å². The summed E-state index contributed by atoms with van der Waals surface area (Å²) in [6.07, 6.45) is 1.87. The van der Waals surface area contributed by atoms with Gasteiger partial charge in [-0.25, -0.2) is 0 Å². The average molecular weight is 216 g/mol. The fraction of sp³-hybridized carbons (Fsp3) is 0.900. The van der Waals surface area contributed by atoms with Gasteiger partial charge in [-0.3, -0.25) is 4.79 Å². The Kier molecular flexibility index (Phi) is 5.33. The van der Waals surface area contributed by atoms with E-state index in [9.17, 15) is 4.79 Å². The summed E-state index contributed by atoms with van der Waals surface area (Å²) in [4.78, 5) is 13.6. The minimum atomic E-state index is 0.280. The van der Waals surface area contributed by atoms with Crippen LogP contribution in [-0.2, 0) is 4.79 Å². The Labute approximate surface area is 90.6 Å². The maximum absolute atomic E-state index is 11.7. The molecule has 0 spiro atoms. The van der Waals surface area contributed by atoms with Crippen molar-refractivity contribution in [2.24, 2.45) is 0 Å². The van der Waals surface area contributed by atoms with Gasteiger partial charge in [0.05, 0.1) is 11.8 Å². The number of amides is 1. The molecular weight excluding hydrogens is 196 g/mol. The Morgan fingerprint density at radius 3 is 2.71 bits per heavy atom. The van der Waals surface area contributed by atoms with Gasteiger partial charge < -0.3 is 10.2 Å². The van der Waals surface area contributed by atoms with Crippen LogP contribution in [-0.4, -0.2) is 41.6 Å². The van der Waals surface area contributed by atoms with E-state index >= 15 is 0 Å². The molecule has 82 valence electrons. The van der Waals surface area contributed by atoms with Crippen molar-refractivity contribution in [3.63, 3.8) is 0 Å². The minimum absolute atomic E-state index is 0.280. The van der Waals surface area contributed by atoms with Crippen molar-refractivity contribution in [1.82, 2.24) is 10.2 Å². The molecule has 0 bridgehead atoms. The number of nitrogens with zero attached hydrogens (tertiary/aromatic N) is 1. The van der Waals surface area contributed by atoms with Crippen molar-refractivity contribution < 1.29 is 4.79 Å². The van der Waals surface area contributed by atoms with Crippen LogP contribution in [0, 0.1) is 0 Å². The first-order valence-electron chi connectivity index (χ1n) is 5.40. The zero-order valence-electron chi connectivity index (χ0n) is 9.08. The summed E-state index contributed by atoms with van der Waals surface area (Å²) in [6, 6.07) is 0. The molecule has 1 heterocycles. The highest BCUT2D eigenvalue weighted by molar-refractivity contribution is 7.99. The Hall–Kier alpha value is -0.220. The van der Waals surface area contributed by atoms with Crippen molar-refractivity contribution in [3.05, 3.63) is 0 Å². The molecule has 0 aromatic heterocycles. The number of rotatable bonds is 4. The number of hydrogen-bond acceptors (Lipinski definition) is 3. The van der Waals surface area contributed by atoms with Crippen LogP contribution in [0.3, 0.4) is 0 Å². The van der Waals surface area contributed by atoms with Gasteiger partial charge in [0.25, 0.3) is 0 Å². The molecular formula is C10H20N2OS. The molecule has 4 heteroatoms. The van der Waals surface area contributed by atoms with E-state index in [0.717, 1.165) is 19.6 Å². The summed E-state index contributed by atoms with van der Waals surface area (Å²) in [5.41, 5.74) is 0. The molecule has 1 unspecified atom stereocenters. The quantitative estimate of drug-likeness (QED) is 0.769. The van der Waals surface area contributed by atoms with Crippen LogP contribution in [0.25, 0.3) is 0 Å². The summed E-state index contributed by atoms with van der Waals surface area (Å²) < 4.78 is 0. The second kappa shape index (κ2) is 6.30. The molecule has 0 aromatic carbocycles. The third-order valence-electron chi connectivity index (χ3n) is 2.49. The van der Waals surface area contributed by atoms with Crippen LogP contribution in [0.4, 0.5) is 0 Å². The lowest BCUT2D eigenvalue weighted by atomic mass is 10.3. The van der Waals surface area contributed by atoms with Gasteiger partial charge in [-0.2, -0.15) is 0 Å². The molecule has 1 aliphatic rings. The fourth-order valence-electron chi connectivity index (χ4n) is 1.61. The van der Waals surface area contributed by atoms with Crippen molar-refractivity contribution in [3.8, 4) is 0 Å². The van der Waals surface area contributed by atoms with Gasteiger partial charge in [0.1, 0.15) is 0 Å². The lowest BCUT2D eigenvalue weighted by Gasteiger charge is -2.25. The summed E-state index contributed by atoms with van der Waals surface area (Å²) in [5, 5.41) is 3.71. The monoisotopic (exact) mass is 216 g/mol. The third kappa shape index (κ3) is 3.50. The summed E-state index contributed by atoms with van der Waals surface area (Å²) in [7, 11) is 0. The number of carbonyl (C=O) groups excluding carboxylic acids is 1. The number of hydrogen-bond donors (Lipinski definition) is 1.